The second-order valence-corrected chi connectivity index (χ2v) is 3.93. The Bertz CT molecular complexity index is 626. The number of amides is 1. The fraction of sp³-hybridized carbons (Fsp3) is 0.167. The smallest absolute Gasteiger partial charge is 0.406 e. The van der Waals surface area contributed by atoms with Gasteiger partial charge in [-0.3, -0.25) is 4.57 Å². The van der Waals surface area contributed by atoms with Crippen LogP contribution in [0.4, 0.5) is 22.4 Å². The molecule has 0 saturated heterocycles. The molecule has 1 aromatic heterocycles. The number of carbonyl (C=O) groups is 1. The summed E-state index contributed by atoms with van der Waals surface area (Å²) in [5.41, 5.74) is 0.0259. The van der Waals surface area contributed by atoms with Gasteiger partial charge in [-0.1, -0.05) is 6.07 Å². The van der Waals surface area contributed by atoms with Crippen molar-refractivity contribution < 1.29 is 27.1 Å². The van der Waals surface area contributed by atoms with Crippen LogP contribution in [0.15, 0.2) is 36.9 Å². The van der Waals surface area contributed by atoms with Crippen LogP contribution >= 0.6 is 0 Å². The molecular weight excluding hydrogens is 294 g/mol. The molecule has 0 atom stereocenters. The first-order valence-electron chi connectivity index (χ1n) is 5.65. The van der Waals surface area contributed by atoms with Gasteiger partial charge in [-0.15, -0.1) is 13.2 Å². The first-order valence-corrected chi connectivity index (χ1v) is 5.65. The van der Waals surface area contributed by atoms with Crippen molar-refractivity contribution in [3.63, 3.8) is 0 Å². The van der Waals surface area contributed by atoms with Gasteiger partial charge in [0.25, 0.3) is 0 Å². The zero-order valence-electron chi connectivity index (χ0n) is 10.4. The minimum absolute atomic E-state index is 0.0259. The predicted octanol–water partition coefficient (Wildman–Crippen LogP) is 2.68. The third-order valence-corrected chi connectivity index (χ3v) is 2.43. The van der Waals surface area contributed by atoms with Crippen LogP contribution in [0.5, 0.6) is 5.75 Å². The Balaban J connectivity index is 2.00. The summed E-state index contributed by atoms with van der Waals surface area (Å²) in [6.07, 6.45) is -0.842. The molecule has 2 aromatic rings. The number of benzene rings is 1. The lowest BCUT2D eigenvalue weighted by Crippen LogP contribution is -2.27. The highest BCUT2D eigenvalue weighted by Gasteiger charge is 2.31. The van der Waals surface area contributed by atoms with Crippen molar-refractivity contribution in [2.75, 3.05) is 0 Å². The summed E-state index contributed by atoms with van der Waals surface area (Å²) in [6, 6.07) is 2.13. The Kier molecular flexibility index (Phi) is 4.10. The number of nitrogens with zero attached hydrogens (tertiary/aromatic N) is 2. The van der Waals surface area contributed by atoms with Crippen molar-refractivity contribution in [3.05, 3.63) is 48.3 Å². The molecule has 1 heterocycles. The summed E-state index contributed by atoms with van der Waals surface area (Å²) in [5, 5.41) is 2.39. The van der Waals surface area contributed by atoms with Gasteiger partial charge in [0.05, 0.1) is 0 Å². The Morgan fingerprint density at radius 2 is 2.14 bits per heavy atom. The van der Waals surface area contributed by atoms with Gasteiger partial charge >= 0.3 is 12.4 Å². The molecule has 112 valence electrons. The van der Waals surface area contributed by atoms with Crippen LogP contribution in [-0.2, 0) is 6.54 Å². The number of nitrogens with one attached hydrogen (secondary N) is 1. The molecule has 1 aromatic carbocycles. The maximum absolute atomic E-state index is 13.6. The van der Waals surface area contributed by atoms with E-state index < -0.39 is 24.0 Å². The molecule has 9 heteroatoms. The van der Waals surface area contributed by atoms with E-state index in [1.165, 1.54) is 18.7 Å². The van der Waals surface area contributed by atoms with Crippen LogP contribution in [0.25, 0.3) is 0 Å². The van der Waals surface area contributed by atoms with Crippen LogP contribution in [0.2, 0.25) is 0 Å². The molecule has 0 fully saturated rings. The summed E-state index contributed by atoms with van der Waals surface area (Å²) in [7, 11) is 0. The highest BCUT2D eigenvalue weighted by molar-refractivity contribution is 5.76. The van der Waals surface area contributed by atoms with E-state index >= 15 is 0 Å². The zero-order chi connectivity index (χ0) is 15.5. The number of rotatable bonds is 3. The molecule has 0 bridgehead atoms. The van der Waals surface area contributed by atoms with Crippen LogP contribution < -0.4 is 10.1 Å². The van der Waals surface area contributed by atoms with E-state index in [1.54, 1.807) is 0 Å². The van der Waals surface area contributed by atoms with Crippen molar-refractivity contribution in [3.8, 4) is 5.75 Å². The number of alkyl halides is 3. The number of hydrogen-bond acceptors (Lipinski definition) is 3. The molecule has 0 saturated carbocycles. The number of aromatic nitrogens is 2. The first-order chi connectivity index (χ1) is 9.85. The van der Waals surface area contributed by atoms with Crippen molar-refractivity contribution in [1.82, 2.24) is 14.9 Å². The minimum Gasteiger partial charge on any atom is -0.406 e. The minimum atomic E-state index is -4.89. The standard InChI is InChI=1S/C12H9F4N3O2/c13-10-5-9(21-12(14,15)16)2-1-8(10)6-18-11(20)19-4-3-17-7-19/h1-5,7H,6H2,(H,18,20). The highest BCUT2D eigenvalue weighted by atomic mass is 19.4. The number of carbonyl (C=O) groups excluding carboxylic acids is 1. The van der Waals surface area contributed by atoms with Gasteiger partial charge in [0, 0.05) is 30.6 Å². The number of hydrogen-bond donors (Lipinski definition) is 1. The Morgan fingerprint density at radius 1 is 1.38 bits per heavy atom. The molecular formula is C12H9F4N3O2. The molecule has 0 aliphatic carbocycles. The Morgan fingerprint density at radius 3 is 2.71 bits per heavy atom. The number of imidazole rings is 1. The molecule has 0 spiro atoms. The maximum Gasteiger partial charge on any atom is 0.573 e. The molecule has 1 N–H and O–H groups in total. The van der Waals surface area contributed by atoms with E-state index in [0.29, 0.717) is 6.07 Å². The van der Waals surface area contributed by atoms with E-state index in [4.69, 9.17) is 0 Å². The number of halogens is 4. The van der Waals surface area contributed by atoms with Crippen LogP contribution in [0.1, 0.15) is 5.56 Å². The van der Waals surface area contributed by atoms with E-state index in [2.05, 4.69) is 15.0 Å². The quantitative estimate of drug-likeness (QED) is 0.887. The maximum atomic E-state index is 13.6. The van der Waals surface area contributed by atoms with Crippen LogP contribution in [0.3, 0.4) is 0 Å². The molecule has 5 nitrogen and oxygen atoms in total. The van der Waals surface area contributed by atoms with Gasteiger partial charge in [0.2, 0.25) is 0 Å². The average molecular weight is 303 g/mol. The van der Waals surface area contributed by atoms with Gasteiger partial charge in [-0.05, 0) is 6.07 Å². The van der Waals surface area contributed by atoms with E-state index in [0.717, 1.165) is 16.7 Å². The summed E-state index contributed by atoms with van der Waals surface area (Å²) in [5.74, 6) is -1.58. The first kappa shape index (κ1) is 14.8. The Labute approximate surface area is 116 Å². The van der Waals surface area contributed by atoms with Gasteiger partial charge < -0.3 is 10.1 Å². The van der Waals surface area contributed by atoms with E-state index in [-0.39, 0.29) is 12.1 Å². The van der Waals surface area contributed by atoms with Gasteiger partial charge in [0.15, 0.2) is 0 Å². The molecule has 0 aliphatic rings. The lowest BCUT2D eigenvalue weighted by molar-refractivity contribution is -0.274. The summed E-state index contributed by atoms with van der Waals surface area (Å²) >= 11 is 0. The molecule has 2 rings (SSSR count). The van der Waals surface area contributed by atoms with E-state index in [1.807, 2.05) is 0 Å². The second kappa shape index (κ2) is 5.81. The normalized spacial score (nSPS) is 11.2. The summed E-state index contributed by atoms with van der Waals surface area (Å²) in [6.45, 7) is -0.185. The largest absolute Gasteiger partial charge is 0.573 e. The predicted molar refractivity (Wildman–Crippen MR) is 62.9 cm³/mol. The van der Waals surface area contributed by atoms with Crippen molar-refractivity contribution in [1.29, 1.82) is 0 Å². The van der Waals surface area contributed by atoms with Crippen molar-refractivity contribution >= 4 is 6.03 Å². The van der Waals surface area contributed by atoms with Crippen LogP contribution in [0, 0.1) is 5.82 Å². The van der Waals surface area contributed by atoms with Gasteiger partial charge in [-0.2, -0.15) is 0 Å². The van der Waals surface area contributed by atoms with E-state index in [9.17, 15) is 22.4 Å². The topological polar surface area (TPSA) is 56.1 Å². The lowest BCUT2D eigenvalue weighted by atomic mass is 10.2. The average Bonchev–Trinajstić information content (AvgIpc) is 2.89. The molecule has 0 aliphatic heterocycles. The zero-order valence-corrected chi connectivity index (χ0v) is 10.4. The van der Waals surface area contributed by atoms with Crippen molar-refractivity contribution in [2.45, 2.75) is 12.9 Å². The van der Waals surface area contributed by atoms with Gasteiger partial charge in [0.1, 0.15) is 17.9 Å². The third-order valence-electron chi connectivity index (χ3n) is 2.43. The van der Waals surface area contributed by atoms with Crippen molar-refractivity contribution in [2.24, 2.45) is 0 Å². The third kappa shape index (κ3) is 4.20. The highest BCUT2D eigenvalue weighted by Crippen LogP contribution is 2.24. The fourth-order valence-electron chi connectivity index (χ4n) is 1.51. The fourth-order valence-corrected chi connectivity index (χ4v) is 1.51. The summed E-state index contributed by atoms with van der Waals surface area (Å²) in [4.78, 5) is 15.2. The monoisotopic (exact) mass is 303 g/mol. The summed E-state index contributed by atoms with van der Waals surface area (Å²) < 4.78 is 54.2. The molecule has 0 radical (unpaired) electrons. The lowest BCUT2D eigenvalue weighted by Gasteiger charge is -2.11. The SMILES string of the molecule is O=C(NCc1ccc(OC(F)(F)F)cc1F)n1ccnc1. The number of ether oxygens (including phenoxy) is 1. The Hall–Kier alpha value is -2.58. The molecule has 1 amide bonds. The van der Waals surface area contributed by atoms with Crippen LogP contribution in [-0.4, -0.2) is 21.9 Å². The molecule has 0 unspecified atom stereocenters. The van der Waals surface area contributed by atoms with Gasteiger partial charge in [-0.25, -0.2) is 14.2 Å². The second-order valence-electron chi connectivity index (χ2n) is 3.93. The molecule has 21 heavy (non-hydrogen) atoms.